The Kier molecular flexibility index (Phi) is 7.44. The van der Waals surface area contributed by atoms with Gasteiger partial charge in [-0.1, -0.05) is 13.3 Å². The zero-order valence-electron chi connectivity index (χ0n) is 19.0. The van der Waals surface area contributed by atoms with Crippen LogP contribution in [0.5, 0.6) is 17.2 Å². The highest BCUT2D eigenvalue weighted by Gasteiger charge is 2.20. The van der Waals surface area contributed by atoms with E-state index in [0.29, 0.717) is 35.1 Å². The second kappa shape index (κ2) is 10.1. The molecule has 10 nitrogen and oxygen atoms in total. The summed E-state index contributed by atoms with van der Waals surface area (Å²) in [7, 11) is 0.522. The van der Waals surface area contributed by atoms with Gasteiger partial charge in [0, 0.05) is 6.54 Å². The fourth-order valence-corrected chi connectivity index (χ4v) is 3.96. The molecule has 2 N–H and O–H groups in total. The van der Waals surface area contributed by atoms with Gasteiger partial charge in [-0.05, 0) is 36.8 Å². The number of methoxy groups -OCH3 is 3. The number of primary sulfonamides is 1. The Morgan fingerprint density at radius 3 is 2.27 bits per heavy atom. The maximum Gasteiger partial charge on any atom is 0.338 e. The van der Waals surface area contributed by atoms with Crippen LogP contribution in [0.4, 0.5) is 0 Å². The molecular weight excluding hydrogens is 450 g/mol. The van der Waals surface area contributed by atoms with E-state index in [1.54, 1.807) is 6.07 Å². The maximum absolute atomic E-state index is 12.8. The van der Waals surface area contributed by atoms with Crippen molar-refractivity contribution in [2.45, 2.75) is 37.8 Å². The van der Waals surface area contributed by atoms with Crippen molar-refractivity contribution in [2.75, 3.05) is 21.3 Å². The highest BCUT2D eigenvalue weighted by Crippen LogP contribution is 2.38. The van der Waals surface area contributed by atoms with Gasteiger partial charge in [0.2, 0.25) is 15.8 Å². The molecule has 0 bridgehead atoms. The molecule has 0 aliphatic heterocycles. The van der Waals surface area contributed by atoms with E-state index in [9.17, 15) is 13.2 Å². The molecular formula is C22H27N3O7S. The zero-order valence-corrected chi connectivity index (χ0v) is 19.8. The normalized spacial score (nSPS) is 11.4. The first-order chi connectivity index (χ1) is 15.7. The van der Waals surface area contributed by atoms with Gasteiger partial charge >= 0.3 is 5.97 Å². The summed E-state index contributed by atoms with van der Waals surface area (Å²) in [6.07, 6.45) is 1.82. The molecule has 0 saturated heterocycles. The number of hydrogen-bond acceptors (Lipinski definition) is 8. The van der Waals surface area contributed by atoms with Crippen molar-refractivity contribution >= 4 is 27.0 Å². The van der Waals surface area contributed by atoms with Crippen LogP contribution >= 0.6 is 0 Å². The number of nitrogens with zero attached hydrogens (tertiary/aromatic N) is 2. The smallest absolute Gasteiger partial charge is 0.338 e. The van der Waals surface area contributed by atoms with E-state index in [-0.39, 0.29) is 17.1 Å². The fraction of sp³-hybridized carbons (Fsp3) is 0.364. The van der Waals surface area contributed by atoms with E-state index in [1.165, 1.54) is 45.6 Å². The van der Waals surface area contributed by atoms with Crippen LogP contribution in [0, 0.1) is 0 Å². The standard InChI is InChI=1S/C22H27N3O7S/c1-5-6-9-25-17-8-7-15(33(23,27)28)12-16(17)24-20(25)13-32-22(26)14-10-18(29-2)21(31-4)19(11-14)30-3/h7-8,10-12H,5-6,9,13H2,1-4H3,(H2,23,27,28). The van der Waals surface area contributed by atoms with Crippen LogP contribution in [0.3, 0.4) is 0 Å². The van der Waals surface area contributed by atoms with Crippen molar-refractivity contribution in [1.29, 1.82) is 0 Å². The average molecular weight is 478 g/mol. The number of carbonyl (C=O) groups is 1. The lowest BCUT2D eigenvalue weighted by Gasteiger charge is -2.14. The monoisotopic (exact) mass is 477 g/mol. The SMILES string of the molecule is CCCCn1c(COC(=O)c2cc(OC)c(OC)c(OC)c2)nc2cc(S(N)(=O)=O)ccc21. The van der Waals surface area contributed by atoms with Crippen LogP contribution in [0.25, 0.3) is 11.0 Å². The first-order valence-electron chi connectivity index (χ1n) is 10.2. The first-order valence-corrected chi connectivity index (χ1v) is 11.8. The Labute approximate surface area is 192 Å². The predicted octanol–water partition coefficient (Wildman–Crippen LogP) is 2.87. The first kappa shape index (κ1) is 24.3. The molecule has 1 heterocycles. The molecule has 0 saturated carbocycles. The molecule has 0 spiro atoms. The summed E-state index contributed by atoms with van der Waals surface area (Å²) < 4.78 is 46.7. The molecule has 2 aromatic carbocycles. The summed E-state index contributed by atoms with van der Waals surface area (Å²) in [5.74, 6) is 0.909. The number of rotatable bonds is 10. The van der Waals surface area contributed by atoms with E-state index in [1.807, 2.05) is 4.57 Å². The summed E-state index contributed by atoms with van der Waals surface area (Å²) >= 11 is 0. The Morgan fingerprint density at radius 1 is 1.06 bits per heavy atom. The maximum atomic E-state index is 12.8. The van der Waals surface area contributed by atoms with Gasteiger partial charge in [0.05, 0.1) is 42.8 Å². The molecule has 0 radical (unpaired) electrons. The molecule has 33 heavy (non-hydrogen) atoms. The van der Waals surface area contributed by atoms with Crippen LogP contribution < -0.4 is 19.3 Å². The minimum atomic E-state index is -3.86. The third kappa shape index (κ3) is 5.20. The highest BCUT2D eigenvalue weighted by molar-refractivity contribution is 7.89. The lowest BCUT2D eigenvalue weighted by Crippen LogP contribution is -2.12. The van der Waals surface area contributed by atoms with Crippen molar-refractivity contribution in [3.8, 4) is 17.2 Å². The number of carbonyl (C=O) groups excluding carboxylic acids is 1. The number of unbranched alkanes of at least 4 members (excludes halogenated alkanes) is 1. The van der Waals surface area contributed by atoms with Crippen LogP contribution in [0.15, 0.2) is 35.2 Å². The van der Waals surface area contributed by atoms with Crippen molar-refractivity contribution < 1.29 is 32.2 Å². The summed E-state index contributed by atoms with van der Waals surface area (Å²) in [6, 6.07) is 7.51. The van der Waals surface area contributed by atoms with Gasteiger partial charge in [0.25, 0.3) is 0 Å². The van der Waals surface area contributed by atoms with Crippen LogP contribution in [0.1, 0.15) is 35.9 Å². The lowest BCUT2D eigenvalue weighted by molar-refractivity contribution is 0.0457. The number of hydrogen-bond donors (Lipinski definition) is 1. The Hall–Kier alpha value is -3.31. The molecule has 0 amide bonds. The molecule has 1 aromatic heterocycles. The van der Waals surface area contributed by atoms with E-state index in [2.05, 4.69) is 11.9 Å². The molecule has 0 aliphatic carbocycles. The topological polar surface area (TPSA) is 132 Å². The van der Waals surface area contributed by atoms with Gasteiger partial charge in [-0.15, -0.1) is 0 Å². The molecule has 0 fully saturated rings. The second-order valence-corrected chi connectivity index (χ2v) is 8.78. The molecule has 0 unspecified atom stereocenters. The molecule has 3 rings (SSSR count). The van der Waals surface area contributed by atoms with E-state index in [0.717, 1.165) is 18.4 Å². The average Bonchev–Trinajstić information content (AvgIpc) is 3.15. The van der Waals surface area contributed by atoms with Crippen LogP contribution in [-0.2, 0) is 27.9 Å². The Balaban J connectivity index is 1.92. The summed E-state index contributed by atoms with van der Waals surface area (Å²) in [5, 5.41) is 5.24. The fourth-order valence-electron chi connectivity index (χ4n) is 3.42. The van der Waals surface area contributed by atoms with Crippen molar-refractivity contribution in [2.24, 2.45) is 5.14 Å². The number of benzene rings is 2. The van der Waals surface area contributed by atoms with Crippen molar-refractivity contribution in [1.82, 2.24) is 9.55 Å². The van der Waals surface area contributed by atoms with Gasteiger partial charge in [0.1, 0.15) is 12.4 Å². The highest BCUT2D eigenvalue weighted by atomic mass is 32.2. The number of sulfonamides is 1. The van der Waals surface area contributed by atoms with E-state index < -0.39 is 16.0 Å². The van der Waals surface area contributed by atoms with E-state index >= 15 is 0 Å². The largest absolute Gasteiger partial charge is 0.493 e. The van der Waals surface area contributed by atoms with Gasteiger partial charge in [-0.2, -0.15) is 0 Å². The van der Waals surface area contributed by atoms with Gasteiger partial charge < -0.3 is 23.5 Å². The van der Waals surface area contributed by atoms with Crippen molar-refractivity contribution in [3.63, 3.8) is 0 Å². The molecule has 0 atom stereocenters. The van der Waals surface area contributed by atoms with E-state index in [4.69, 9.17) is 24.1 Å². The third-order valence-corrected chi connectivity index (χ3v) is 6.01. The van der Waals surface area contributed by atoms with Gasteiger partial charge in [0.15, 0.2) is 11.5 Å². The minimum absolute atomic E-state index is 0.0314. The zero-order chi connectivity index (χ0) is 24.2. The third-order valence-electron chi connectivity index (χ3n) is 5.10. The predicted molar refractivity (Wildman–Crippen MR) is 121 cm³/mol. The van der Waals surface area contributed by atoms with Gasteiger partial charge in [-0.3, -0.25) is 0 Å². The van der Waals surface area contributed by atoms with Crippen LogP contribution in [-0.4, -0.2) is 45.3 Å². The summed E-state index contributed by atoms with van der Waals surface area (Å²) in [5.41, 5.74) is 1.41. The summed E-state index contributed by atoms with van der Waals surface area (Å²) in [6.45, 7) is 2.58. The molecule has 178 valence electrons. The molecule has 0 aliphatic rings. The number of aromatic nitrogens is 2. The van der Waals surface area contributed by atoms with Crippen LogP contribution in [0.2, 0.25) is 0 Å². The number of imidazole rings is 1. The minimum Gasteiger partial charge on any atom is -0.493 e. The molecule has 3 aromatic rings. The number of aryl methyl sites for hydroxylation is 1. The second-order valence-electron chi connectivity index (χ2n) is 7.22. The van der Waals surface area contributed by atoms with Crippen molar-refractivity contribution in [3.05, 3.63) is 41.7 Å². The lowest BCUT2D eigenvalue weighted by atomic mass is 10.2. The Morgan fingerprint density at radius 2 is 1.73 bits per heavy atom. The van der Waals surface area contributed by atoms with Gasteiger partial charge in [-0.25, -0.2) is 23.3 Å². The number of ether oxygens (including phenoxy) is 4. The summed E-state index contributed by atoms with van der Waals surface area (Å²) in [4.78, 5) is 17.2. The Bertz CT molecular complexity index is 1240. The number of nitrogens with two attached hydrogens (primary N) is 1. The molecule has 11 heteroatoms. The number of esters is 1. The quantitative estimate of drug-likeness (QED) is 0.441. The number of fused-ring (bicyclic) bond motifs is 1.